The van der Waals surface area contributed by atoms with E-state index in [1.807, 2.05) is 12.1 Å². The maximum absolute atomic E-state index is 12.5. The first kappa shape index (κ1) is 17.9. The SMILES string of the molecule is O=C1CCCc2cc(NC(=O)C(=O)NC3C4CCc5ccccc5C43)ccc2N1. The molecule has 0 aromatic heterocycles. The van der Waals surface area contributed by atoms with Gasteiger partial charge in [0.15, 0.2) is 0 Å². The van der Waals surface area contributed by atoms with E-state index in [0.717, 1.165) is 36.9 Å². The van der Waals surface area contributed by atoms with E-state index in [0.29, 0.717) is 23.9 Å². The largest absolute Gasteiger partial charge is 0.344 e. The number of aryl methyl sites for hydroxylation is 2. The molecule has 3 unspecified atom stereocenters. The van der Waals surface area contributed by atoms with Crippen LogP contribution in [0.15, 0.2) is 42.5 Å². The Morgan fingerprint density at radius 3 is 2.72 bits per heavy atom. The van der Waals surface area contributed by atoms with Crippen LogP contribution < -0.4 is 16.0 Å². The maximum Gasteiger partial charge on any atom is 0.313 e. The Labute approximate surface area is 169 Å². The van der Waals surface area contributed by atoms with Crippen LogP contribution in [-0.2, 0) is 27.2 Å². The fourth-order valence-corrected chi connectivity index (χ4v) is 4.82. The van der Waals surface area contributed by atoms with Gasteiger partial charge in [0.25, 0.3) is 0 Å². The van der Waals surface area contributed by atoms with Gasteiger partial charge in [-0.25, -0.2) is 0 Å². The Balaban J connectivity index is 1.23. The van der Waals surface area contributed by atoms with E-state index >= 15 is 0 Å². The van der Waals surface area contributed by atoms with Crippen LogP contribution in [-0.4, -0.2) is 23.8 Å². The van der Waals surface area contributed by atoms with Crippen molar-refractivity contribution in [3.8, 4) is 0 Å². The molecule has 3 aliphatic rings. The highest BCUT2D eigenvalue weighted by Gasteiger charge is 2.54. The molecule has 1 aliphatic heterocycles. The lowest BCUT2D eigenvalue weighted by molar-refractivity contribution is -0.136. The van der Waals surface area contributed by atoms with Crippen molar-refractivity contribution in [2.75, 3.05) is 10.6 Å². The van der Waals surface area contributed by atoms with Crippen LogP contribution in [0, 0.1) is 5.92 Å². The first-order chi connectivity index (χ1) is 14.1. The molecular formula is C23H23N3O3. The Bertz CT molecular complexity index is 1020. The molecule has 3 amide bonds. The molecule has 2 aliphatic carbocycles. The van der Waals surface area contributed by atoms with Gasteiger partial charge < -0.3 is 16.0 Å². The fraction of sp³-hybridized carbons (Fsp3) is 0.348. The molecule has 2 aromatic carbocycles. The van der Waals surface area contributed by atoms with Gasteiger partial charge in [0.05, 0.1) is 0 Å². The van der Waals surface area contributed by atoms with Crippen molar-refractivity contribution in [3.05, 3.63) is 59.2 Å². The monoisotopic (exact) mass is 389 g/mol. The Hall–Kier alpha value is -3.15. The molecule has 0 spiro atoms. The van der Waals surface area contributed by atoms with E-state index in [2.05, 4.69) is 34.1 Å². The topological polar surface area (TPSA) is 87.3 Å². The lowest BCUT2D eigenvalue weighted by Crippen LogP contribution is -2.37. The highest BCUT2D eigenvalue weighted by Crippen LogP contribution is 2.54. The summed E-state index contributed by atoms with van der Waals surface area (Å²) in [5.41, 5.74) is 4.97. The van der Waals surface area contributed by atoms with E-state index < -0.39 is 11.8 Å². The van der Waals surface area contributed by atoms with Crippen molar-refractivity contribution in [3.63, 3.8) is 0 Å². The number of anilines is 2. The Kier molecular flexibility index (Phi) is 4.34. The van der Waals surface area contributed by atoms with Gasteiger partial charge in [-0.1, -0.05) is 24.3 Å². The van der Waals surface area contributed by atoms with Crippen molar-refractivity contribution in [2.24, 2.45) is 5.92 Å². The first-order valence-electron chi connectivity index (χ1n) is 10.2. The minimum atomic E-state index is -0.653. The normalized spacial score (nSPS) is 24.1. The third-order valence-electron chi connectivity index (χ3n) is 6.32. The van der Waals surface area contributed by atoms with Gasteiger partial charge in [0.2, 0.25) is 5.91 Å². The Morgan fingerprint density at radius 1 is 0.966 bits per heavy atom. The molecule has 1 fully saturated rings. The van der Waals surface area contributed by atoms with Crippen molar-refractivity contribution in [2.45, 2.75) is 44.1 Å². The average Bonchev–Trinajstić information content (AvgIpc) is 3.46. The summed E-state index contributed by atoms with van der Waals surface area (Å²) in [6.07, 6.45) is 4.09. The van der Waals surface area contributed by atoms with Crippen LogP contribution in [0.3, 0.4) is 0 Å². The fourth-order valence-electron chi connectivity index (χ4n) is 4.82. The molecule has 1 saturated carbocycles. The molecule has 2 aromatic rings. The minimum Gasteiger partial charge on any atom is -0.344 e. The van der Waals surface area contributed by atoms with Crippen LogP contribution in [0.1, 0.15) is 41.9 Å². The predicted molar refractivity (Wildman–Crippen MR) is 110 cm³/mol. The summed E-state index contributed by atoms with van der Waals surface area (Å²) in [6, 6.07) is 13.7. The van der Waals surface area contributed by atoms with Gasteiger partial charge in [-0.15, -0.1) is 0 Å². The van der Waals surface area contributed by atoms with Gasteiger partial charge in [0, 0.05) is 29.8 Å². The summed E-state index contributed by atoms with van der Waals surface area (Å²) in [5, 5.41) is 8.49. The summed E-state index contributed by atoms with van der Waals surface area (Å²) in [6.45, 7) is 0. The third-order valence-corrected chi connectivity index (χ3v) is 6.32. The van der Waals surface area contributed by atoms with Crippen LogP contribution in [0.2, 0.25) is 0 Å². The zero-order valence-electron chi connectivity index (χ0n) is 16.0. The second kappa shape index (κ2) is 7.03. The van der Waals surface area contributed by atoms with Crippen molar-refractivity contribution >= 4 is 29.1 Å². The van der Waals surface area contributed by atoms with Gasteiger partial charge >= 0.3 is 11.8 Å². The van der Waals surface area contributed by atoms with Crippen LogP contribution in [0.4, 0.5) is 11.4 Å². The molecule has 0 radical (unpaired) electrons. The van der Waals surface area contributed by atoms with Gasteiger partial charge in [-0.3, -0.25) is 14.4 Å². The Morgan fingerprint density at radius 2 is 1.83 bits per heavy atom. The smallest absolute Gasteiger partial charge is 0.313 e. The van der Waals surface area contributed by atoms with E-state index in [1.165, 1.54) is 11.1 Å². The molecule has 0 bridgehead atoms. The second-order valence-corrected chi connectivity index (χ2v) is 8.15. The summed E-state index contributed by atoms with van der Waals surface area (Å²) >= 11 is 0. The highest BCUT2D eigenvalue weighted by molar-refractivity contribution is 6.39. The molecule has 29 heavy (non-hydrogen) atoms. The van der Waals surface area contributed by atoms with E-state index in [4.69, 9.17) is 0 Å². The number of carbonyl (C=O) groups is 3. The standard InChI is InChI=1S/C23H23N3O3/c27-19-7-3-5-14-12-15(9-11-18(14)25-19)24-22(28)23(29)26-21-17-10-8-13-4-1-2-6-16(13)20(17)21/h1-2,4,6,9,11-12,17,20-21H,3,5,7-8,10H2,(H,24,28)(H,25,27)(H,26,29). The lowest BCUT2D eigenvalue weighted by atomic mass is 9.92. The molecule has 3 N–H and O–H groups in total. The first-order valence-corrected chi connectivity index (χ1v) is 10.2. The predicted octanol–water partition coefficient (Wildman–Crippen LogP) is 2.74. The zero-order chi connectivity index (χ0) is 20.0. The molecular weight excluding hydrogens is 366 g/mol. The zero-order valence-corrected chi connectivity index (χ0v) is 16.0. The second-order valence-electron chi connectivity index (χ2n) is 8.15. The number of hydrogen-bond donors (Lipinski definition) is 3. The third kappa shape index (κ3) is 3.39. The minimum absolute atomic E-state index is 0.00684. The van der Waals surface area contributed by atoms with Crippen LogP contribution >= 0.6 is 0 Å². The number of hydrogen-bond acceptors (Lipinski definition) is 3. The van der Waals surface area contributed by atoms with Crippen LogP contribution in [0.5, 0.6) is 0 Å². The quantitative estimate of drug-likeness (QED) is 0.690. The number of amides is 3. The van der Waals surface area contributed by atoms with Crippen molar-refractivity contribution in [1.29, 1.82) is 0 Å². The molecule has 5 rings (SSSR count). The molecule has 3 atom stereocenters. The van der Waals surface area contributed by atoms with E-state index in [1.54, 1.807) is 12.1 Å². The van der Waals surface area contributed by atoms with Crippen molar-refractivity contribution in [1.82, 2.24) is 5.32 Å². The summed E-state index contributed by atoms with van der Waals surface area (Å²) in [5.74, 6) is -0.484. The average molecular weight is 389 g/mol. The summed E-state index contributed by atoms with van der Waals surface area (Å²) in [7, 11) is 0. The highest BCUT2D eigenvalue weighted by atomic mass is 16.2. The summed E-state index contributed by atoms with van der Waals surface area (Å²) in [4.78, 5) is 36.5. The summed E-state index contributed by atoms with van der Waals surface area (Å²) < 4.78 is 0. The van der Waals surface area contributed by atoms with Gasteiger partial charge in [-0.05, 0) is 66.5 Å². The molecule has 0 saturated heterocycles. The van der Waals surface area contributed by atoms with Crippen LogP contribution in [0.25, 0.3) is 0 Å². The number of fused-ring (bicyclic) bond motifs is 4. The lowest BCUT2D eigenvalue weighted by Gasteiger charge is -2.13. The van der Waals surface area contributed by atoms with E-state index in [-0.39, 0.29) is 11.9 Å². The molecule has 6 heteroatoms. The van der Waals surface area contributed by atoms with Gasteiger partial charge in [0.1, 0.15) is 0 Å². The number of benzene rings is 2. The number of rotatable bonds is 2. The number of carbonyl (C=O) groups excluding carboxylic acids is 3. The molecule has 6 nitrogen and oxygen atoms in total. The van der Waals surface area contributed by atoms with Crippen molar-refractivity contribution < 1.29 is 14.4 Å². The molecule has 1 heterocycles. The van der Waals surface area contributed by atoms with Gasteiger partial charge in [-0.2, -0.15) is 0 Å². The van der Waals surface area contributed by atoms with E-state index in [9.17, 15) is 14.4 Å². The number of nitrogens with one attached hydrogen (secondary N) is 3. The molecule has 148 valence electrons. The maximum atomic E-state index is 12.5.